The van der Waals surface area contributed by atoms with Gasteiger partial charge in [-0.05, 0) is 186 Å². The summed E-state index contributed by atoms with van der Waals surface area (Å²) in [5.74, 6) is 5.65. The fraction of sp³-hybridized carbons (Fsp3) is 0.308. The predicted octanol–water partition coefficient (Wildman–Crippen LogP) is 16.8. The summed E-state index contributed by atoms with van der Waals surface area (Å²) in [5, 5.41) is 2.60. The molecule has 4 aliphatic heterocycles. The summed E-state index contributed by atoms with van der Waals surface area (Å²) in [4.78, 5) is 2.56. The lowest BCUT2D eigenvalue weighted by Crippen LogP contribution is -2.63. The molecule has 9 aromatic carbocycles. The third-order valence-electron chi connectivity index (χ3n) is 18.4. The van der Waals surface area contributed by atoms with Gasteiger partial charge in [0, 0.05) is 38.6 Å². The first-order valence-corrected chi connectivity index (χ1v) is 31.4. The average molecular weight is 1100 g/mol. The first kappa shape index (κ1) is 54.3. The van der Waals surface area contributed by atoms with E-state index in [4.69, 9.17) is 9.47 Å². The molecule has 14 rings (SSSR count). The quantitative estimate of drug-likeness (QED) is 0.121. The van der Waals surface area contributed by atoms with Crippen LogP contribution in [0.25, 0.3) is 49.7 Å². The Bertz CT molecular complexity index is 4280. The fourth-order valence-corrected chi connectivity index (χ4v) is 14.7. The van der Waals surface area contributed by atoms with Gasteiger partial charge in [0.1, 0.15) is 23.0 Å². The van der Waals surface area contributed by atoms with Gasteiger partial charge in [-0.1, -0.05) is 206 Å². The van der Waals surface area contributed by atoms with Crippen molar-refractivity contribution >= 4 is 85.1 Å². The lowest BCUT2D eigenvalue weighted by molar-refractivity contribution is 0.475. The van der Waals surface area contributed by atoms with Gasteiger partial charge in [0.2, 0.25) is 0 Å². The Labute approximate surface area is 500 Å². The first-order chi connectivity index (χ1) is 40.2. The van der Waals surface area contributed by atoms with Crippen molar-refractivity contribution in [2.24, 2.45) is 23.7 Å². The highest BCUT2D eigenvalue weighted by molar-refractivity contribution is 7.02. The Kier molecular flexibility index (Phi) is 12.9. The summed E-state index contributed by atoms with van der Waals surface area (Å²) < 4.78 is 18.6. The van der Waals surface area contributed by atoms with Crippen molar-refractivity contribution in [2.75, 3.05) is 4.90 Å². The van der Waals surface area contributed by atoms with Crippen LogP contribution in [0.5, 0.6) is 23.0 Å². The molecule has 5 heterocycles. The van der Waals surface area contributed by atoms with Gasteiger partial charge in [-0.3, -0.25) is 0 Å². The van der Waals surface area contributed by atoms with Crippen molar-refractivity contribution in [2.45, 2.75) is 133 Å². The number of rotatable bonds is 11. The lowest BCUT2D eigenvalue weighted by atomic mass is 9.31. The molecule has 0 spiro atoms. The third-order valence-corrected chi connectivity index (χ3v) is 18.4. The van der Waals surface area contributed by atoms with E-state index in [-0.39, 0.29) is 24.3 Å². The smallest absolute Gasteiger partial charge is 0.256 e. The van der Waals surface area contributed by atoms with Crippen LogP contribution in [0, 0.1) is 23.7 Å². The van der Waals surface area contributed by atoms with Gasteiger partial charge < -0.3 is 18.9 Å². The van der Waals surface area contributed by atoms with Gasteiger partial charge in [0.05, 0.1) is 16.9 Å². The molecular formula is C78H80B2N2O2. The maximum Gasteiger partial charge on any atom is 0.256 e. The van der Waals surface area contributed by atoms with E-state index in [1.54, 1.807) is 0 Å². The standard InChI is InChI=1S/C78H80B2N2O2/c1-45(2)35-49-15-29-59(30-16-49)81-67-34-18-51(37-47(5)6)41-64(67)79-62-31-23-55(53-19-25-57(26-20-53)77(9,10)11)43-68(62)84-76-70(79)73(81)75-71-74(76)82-66-33-17-50(36-46(3)4)39-60(66)61-40-52(38-48(7)8)42-65(72(61)82)80(71)63-32-24-56(44-69(63)83-75)54-21-27-58(28-22-54)78(12,13)14/h15-34,39-48H,35-38H2,1-14H3. The minimum atomic E-state index is -0.169. The number of ether oxygens (including phenoxy) is 2. The fourth-order valence-electron chi connectivity index (χ4n) is 14.7. The monoisotopic (exact) mass is 1100 g/mol. The molecule has 1 aromatic heterocycles. The molecule has 0 saturated carbocycles. The van der Waals surface area contributed by atoms with E-state index in [9.17, 15) is 0 Å². The van der Waals surface area contributed by atoms with E-state index in [1.807, 2.05) is 0 Å². The van der Waals surface area contributed by atoms with Crippen LogP contribution in [0.15, 0.2) is 158 Å². The van der Waals surface area contributed by atoms with Crippen LogP contribution >= 0.6 is 0 Å². The molecule has 420 valence electrons. The van der Waals surface area contributed by atoms with Crippen molar-refractivity contribution < 1.29 is 9.47 Å². The zero-order valence-corrected chi connectivity index (χ0v) is 52.0. The molecule has 4 nitrogen and oxygen atoms in total. The van der Waals surface area contributed by atoms with Gasteiger partial charge in [-0.2, -0.15) is 0 Å². The highest BCUT2D eigenvalue weighted by Gasteiger charge is 2.51. The second-order valence-electron chi connectivity index (χ2n) is 29.0. The number of nitrogens with zero attached hydrogens (tertiary/aromatic N) is 2. The summed E-state index contributed by atoms with van der Waals surface area (Å²) in [6, 6.07) is 61.7. The van der Waals surface area contributed by atoms with Crippen molar-refractivity contribution in [1.82, 2.24) is 4.57 Å². The van der Waals surface area contributed by atoms with Crippen molar-refractivity contribution in [3.8, 4) is 50.9 Å². The largest absolute Gasteiger partial charge is 0.456 e. The average Bonchev–Trinajstić information content (AvgIpc) is 1.27. The zero-order valence-electron chi connectivity index (χ0n) is 52.0. The van der Waals surface area contributed by atoms with E-state index in [1.165, 1.54) is 93.9 Å². The molecule has 84 heavy (non-hydrogen) atoms. The highest BCUT2D eigenvalue weighted by Crippen LogP contribution is 2.52. The van der Waals surface area contributed by atoms with E-state index in [2.05, 4.69) is 264 Å². The number of fused-ring (bicyclic) bond motifs is 13. The van der Waals surface area contributed by atoms with E-state index in [0.717, 1.165) is 87.8 Å². The Hall–Kier alpha value is -7.69. The summed E-state index contributed by atoms with van der Waals surface area (Å²) in [6.07, 6.45) is 4.00. The van der Waals surface area contributed by atoms with E-state index >= 15 is 0 Å². The summed E-state index contributed by atoms with van der Waals surface area (Å²) >= 11 is 0. The Morgan fingerprint density at radius 3 is 1.38 bits per heavy atom. The van der Waals surface area contributed by atoms with Crippen molar-refractivity contribution in [3.05, 3.63) is 191 Å². The first-order valence-electron chi connectivity index (χ1n) is 31.4. The Balaban J connectivity index is 1.12. The molecule has 0 fully saturated rings. The number of benzene rings is 9. The van der Waals surface area contributed by atoms with Crippen LogP contribution in [0.3, 0.4) is 0 Å². The van der Waals surface area contributed by atoms with Crippen molar-refractivity contribution in [3.63, 3.8) is 0 Å². The van der Waals surface area contributed by atoms with Crippen LogP contribution in [0.1, 0.15) is 130 Å². The number of aromatic nitrogens is 1. The van der Waals surface area contributed by atoms with Crippen LogP contribution in [0.2, 0.25) is 0 Å². The molecule has 0 N–H and O–H groups in total. The Morgan fingerprint density at radius 2 is 0.833 bits per heavy atom. The predicted molar refractivity (Wildman–Crippen MR) is 360 cm³/mol. The number of hydrogen-bond donors (Lipinski definition) is 0. The van der Waals surface area contributed by atoms with E-state index in [0.29, 0.717) is 23.7 Å². The summed E-state index contributed by atoms with van der Waals surface area (Å²) in [6.45, 7) is 32.1. The molecule has 0 aliphatic carbocycles. The number of hydrogen-bond acceptors (Lipinski definition) is 3. The molecule has 0 bridgehead atoms. The molecule has 4 aliphatic rings. The van der Waals surface area contributed by atoms with Crippen LogP contribution in [0.4, 0.5) is 17.1 Å². The van der Waals surface area contributed by atoms with Crippen LogP contribution in [-0.2, 0) is 36.5 Å². The highest BCUT2D eigenvalue weighted by atomic mass is 16.5. The Morgan fingerprint density at radius 1 is 0.393 bits per heavy atom. The topological polar surface area (TPSA) is 26.6 Å². The summed E-state index contributed by atoms with van der Waals surface area (Å²) in [7, 11) is 0. The van der Waals surface area contributed by atoms with Crippen molar-refractivity contribution in [1.29, 1.82) is 0 Å². The maximum atomic E-state index is 8.00. The summed E-state index contributed by atoms with van der Waals surface area (Å²) in [5.41, 5.74) is 27.0. The van der Waals surface area contributed by atoms with Gasteiger partial charge in [0.15, 0.2) is 0 Å². The van der Waals surface area contributed by atoms with Gasteiger partial charge in [-0.15, -0.1) is 0 Å². The van der Waals surface area contributed by atoms with E-state index < -0.39 is 0 Å². The molecule has 0 unspecified atom stereocenters. The molecule has 0 atom stereocenters. The van der Waals surface area contributed by atoms with Crippen LogP contribution in [-0.4, -0.2) is 18.0 Å². The second-order valence-corrected chi connectivity index (χ2v) is 29.0. The zero-order chi connectivity index (χ0) is 58.4. The minimum Gasteiger partial charge on any atom is -0.456 e. The molecule has 6 heteroatoms. The number of anilines is 3. The van der Waals surface area contributed by atoms with Gasteiger partial charge in [0.25, 0.3) is 13.4 Å². The normalized spacial score (nSPS) is 13.9. The molecule has 0 amide bonds. The minimum absolute atomic E-state index is 0.0479. The van der Waals surface area contributed by atoms with Crippen LogP contribution < -0.4 is 47.2 Å². The lowest BCUT2D eigenvalue weighted by Gasteiger charge is -2.45. The maximum absolute atomic E-state index is 8.00. The molecule has 0 saturated heterocycles. The SMILES string of the molecule is CC(C)Cc1ccc(N2c3ccc(CC(C)C)cc3B3c4ccc(-c5ccc(C(C)(C)C)cc5)cc4Oc4c3c2c2c3c4-n4c5ccc(CC(C)C)cc5c5cc(CC(C)C)cc(c54)B3c3ccc(-c4ccc(C(C)(C)C)cc4)cc3O2)cc1. The van der Waals surface area contributed by atoms with Gasteiger partial charge in [-0.25, -0.2) is 0 Å². The third kappa shape index (κ3) is 9.03. The molecule has 10 aromatic rings. The molecule has 0 radical (unpaired) electrons. The second kappa shape index (κ2) is 20.0. The van der Waals surface area contributed by atoms with Gasteiger partial charge >= 0.3 is 0 Å². The molecular weight excluding hydrogens is 1020 g/mol.